The van der Waals surface area contributed by atoms with E-state index in [1.807, 2.05) is 36.2 Å². The summed E-state index contributed by atoms with van der Waals surface area (Å²) in [5, 5.41) is 9.20. The molecule has 0 aliphatic carbocycles. The summed E-state index contributed by atoms with van der Waals surface area (Å²) in [6.45, 7) is 2.02. The SMILES string of the molecule is COc1ccccc1N1CCN(C)C(C(=O)O)C1. The molecular formula is C13H18N2O3. The zero-order valence-corrected chi connectivity index (χ0v) is 10.7. The van der Waals surface area contributed by atoms with Gasteiger partial charge in [-0.15, -0.1) is 0 Å². The van der Waals surface area contributed by atoms with Crippen LogP contribution in [0.3, 0.4) is 0 Å². The van der Waals surface area contributed by atoms with E-state index in [2.05, 4.69) is 4.90 Å². The highest BCUT2D eigenvalue weighted by Crippen LogP contribution is 2.29. The summed E-state index contributed by atoms with van der Waals surface area (Å²) in [7, 11) is 3.47. The Hall–Kier alpha value is -1.75. The first-order chi connectivity index (χ1) is 8.63. The molecule has 98 valence electrons. The topological polar surface area (TPSA) is 53.0 Å². The second-order valence-corrected chi connectivity index (χ2v) is 4.45. The summed E-state index contributed by atoms with van der Waals surface area (Å²) in [4.78, 5) is 15.1. The van der Waals surface area contributed by atoms with E-state index in [1.54, 1.807) is 7.11 Å². The minimum Gasteiger partial charge on any atom is -0.495 e. The standard InChI is InChI=1S/C13H18N2O3/c1-14-7-8-15(9-11(14)13(16)17)10-5-3-4-6-12(10)18-2/h3-6,11H,7-9H2,1-2H3,(H,16,17). The monoisotopic (exact) mass is 250 g/mol. The lowest BCUT2D eigenvalue weighted by Gasteiger charge is -2.38. The van der Waals surface area contributed by atoms with Crippen LogP contribution in [0.2, 0.25) is 0 Å². The van der Waals surface area contributed by atoms with Crippen LogP contribution in [0.5, 0.6) is 5.75 Å². The van der Waals surface area contributed by atoms with Gasteiger partial charge in [0, 0.05) is 19.6 Å². The molecule has 2 rings (SSSR count). The number of benzene rings is 1. The predicted octanol–water partition coefficient (Wildman–Crippen LogP) is 0.900. The number of hydrogen-bond acceptors (Lipinski definition) is 4. The highest BCUT2D eigenvalue weighted by molar-refractivity contribution is 5.75. The maximum atomic E-state index is 11.2. The van der Waals surface area contributed by atoms with Crippen molar-refractivity contribution >= 4 is 11.7 Å². The van der Waals surface area contributed by atoms with Crippen LogP contribution in [-0.2, 0) is 4.79 Å². The summed E-state index contributed by atoms with van der Waals surface area (Å²) in [6.07, 6.45) is 0. The molecule has 1 saturated heterocycles. The Morgan fingerprint density at radius 3 is 2.78 bits per heavy atom. The van der Waals surface area contributed by atoms with Gasteiger partial charge < -0.3 is 14.7 Å². The molecule has 1 N–H and O–H groups in total. The summed E-state index contributed by atoms with van der Waals surface area (Å²) in [5.74, 6) is 0.00305. The Morgan fingerprint density at radius 2 is 2.11 bits per heavy atom. The van der Waals surface area contributed by atoms with E-state index in [4.69, 9.17) is 4.74 Å². The molecule has 1 unspecified atom stereocenters. The molecule has 1 aliphatic rings. The number of carbonyl (C=O) groups is 1. The number of hydrogen-bond donors (Lipinski definition) is 1. The molecule has 18 heavy (non-hydrogen) atoms. The second-order valence-electron chi connectivity index (χ2n) is 4.45. The third kappa shape index (κ3) is 2.41. The number of rotatable bonds is 3. The number of methoxy groups -OCH3 is 1. The first-order valence-electron chi connectivity index (χ1n) is 5.94. The van der Waals surface area contributed by atoms with Gasteiger partial charge in [-0.3, -0.25) is 9.69 Å². The van der Waals surface area contributed by atoms with Gasteiger partial charge in [0.05, 0.1) is 12.8 Å². The number of para-hydroxylation sites is 2. The number of carboxylic acids is 1. The summed E-state index contributed by atoms with van der Waals surface area (Å²) in [6, 6.07) is 7.23. The quantitative estimate of drug-likeness (QED) is 0.864. The van der Waals surface area contributed by atoms with Gasteiger partial charge in [-0.05, 0) is 19.2 Å². The van der Waals surface area contributed by atoms with E-state index < -0.39 is 12.0 Å². The van der Waals surface area contributed by atoms with Crippen LogP contribution in [0.4, 0.5) is 5.69 Å². The average Bonchev–Trinajstić information content (AvgIpc) is 2.39. The van der Waals surface area contributed by atoms with E-state index >= 15 is 0 Å². The van der Waals surface area contributed by atoms with Gasteiger partial charge in [-0.2, -0.15) is 0 Å². The summed E-state index contributed by atoms with van der Waals surface area (Å²) in [5.41, 5.74) is 0.958. The van der Waals surface area contributed by atoms with E-state index in [9.17, 15) is 9.90 Å². The molecule has 1 atom stereocenters. The van der Waals surface area contributed by atoms with Crippen LogP contribution in [-0.4, -0.2) is 55.8 Å². The first-order valence-corrected chi connectivity index (χ1v) is 5.94. The predicted molar refractivity (Wildman–Crippen MR) is 69.3 cm³/mol. The third-order valence-corrected chi connectivity index (χ3v) is 3.36. The molecular weight excluding hydrogens is 232 g/mol. The smallest absolute Gasteiger partial charge is 0.322 e. The molecule has 1 aliphatic heterocycles. The van der Waals surface area contributed by atoms with Gasteiger partial charge in [-0.25, -0.2) is 0 Å². The molecule has 0 radical (unpaired) electrons. The van der Waals surface area contributed by atoms with Crippen molar-refractivity contribution in [3.8, 4) is 5.75 Å². The first kappa shape index (κ1) is 12.7. The van der Waals surface area contributed by atoms with Crippen molar-refractivity contribution in [3.05, 3.63) is 24.3 Å². The van der Waals surface area contributed by atoms with Gasteiger partial charge in [0.1, 0.15) is 11.8 Å². The number of carboxylic acid groups (broad SMARTS) is 1. The highest BCUT2D eigenvalue weighted by atomic mass is 16.5. The molecule has 0 saturated carbocycles. The molecule has 0 aromatic heterocycles. The summed E-state index contributed by atoms with van der Waals surface area (Å²) < 4.78 is 5.32. The van der Waals surface area contributed by atoms with E-state index in [0.29, 0.717) is 6.54 Å². The Labute approximate surface area is 107 Å². The molecule has 1 aromatic carbocycles. The molecule has 1 fully saturated rings. The number of anilines is 1. The third-order valence-electron chi connectivity index (χ3n) is 3.36. The largest absolute Gasteiger partial charge is 0.495 e. The molecule has 5 nitrogen and oxygen atoms in total. The molecule has 5 heteroatoms. The fourth-order valence-corrected chi connectivity index (χ4v) is 2.25. The lowest BCUT2D eigenvalue weighted by molar-refractivity contribution is -0.142. The van der Waals surface area contributed by atoms with Crippen LogP contribution in [0.25, 0.3) is 0 Å². The van der Waals surface area contributed by atoms with Crippen molar-refractivity contribution in [1.29, 1.82) is 0 Å². The van der Waals surface area contributed by atoms with Gasteiger partial charge in [0.25, 0.3) is 0 Å². The minimum absolute atomic E-state index is 0.469. The molecule has 0 spiro atoms. The highest BCUT2D eigenvalue weighted by Gasteiger charge is 2.30. The maximum Gasteiger partial charge on any atom is 0.322 e. The van der Waals surface area contributed by atoms with Crippen LogP contribution < -0.4 is 9.64 Å². The summed E-state index contributed by atoms with van der Waals surface area (Å²) >= 11 is 0. The van der Waals surface area contributed by atoms with Crippen LogP contribution in [0.1, 0.15) is 0 Å². The van der Waals surface area contributed by atoms with Crippen molar-refractivity contribution in [2.75, 3.05) is 38.7 Å². The van der Waals surface area contributed by atoms with E-state index in [0.717, 1.165) is 24.5 Å². The second kappa shape index (κ2) is 5.27. The van der Waals surface area contributed by atoms with Crippen LogP contribution in [0, 0.1) is 0 Å². The van der Waals surface area contributed by atoms with E-state index in [-0.39, 0.29) is 0 Å². The lowest BCUT2D eigenvalue weighted by atomic mass is 10.1. The Bertz CT molecular complexity index is 436. The molecule has 1 heterocycles. The van der Waals surface area contributed by atoms with Crippen molar-refractivity contribution in [3.63, 3.8) is 0 Å². The zero-order valence-electron chi connectivity index (χ0n) is 10.7. The maximum absolute atomic E-state index is 11.2. The number of aliphatic carboxylic acids is 1. The van der Waals surface area contributed by atoms with Gasteiger partial charge in [0.15, 0.2) is 0 Å². The van der Waals surface area contributed by atoms with Crippen molar-refractivity contribution in [2.45, 2.75) is 6.04 Å². The Kier molecular flexibility index (Phi) is 3.72. The number of ether oxygens (including phenoxy) is 1. The normalized spacial score (nSPS) is 20.8. The zero-order chi connectivity index (χ0) is 13.1. The number of likely N-dealkylation sites (N-methyl/N-ethyl adjacent to an activating group) is 1. The van der Waals surface area contributed by atoms with Crippen LogP contribution in [0.15, 0.2) is 24.3 Å². The molecule has 0 bridgehead atoms. The fourth-order valence-electron chi connectivity index (χ4n) is 2.25. The van der Waals surface area contributed by atoms with Gasteiger partial charge >= 0.3 is 5.97 Å². The molecule has 0 amide bonds. The van der Waals surface area contributed by atoms with Crippen molar-refractivity contribution in [2.24, 2.45) is 0 Å². The fraction of sp³-hybridized carbons (Fsp3) is 0.462. The Balaban J connectivity index is 2.21. The molecule has 1 aromatic rings. The number of nitrogens with zero attached hydrogens (tertiary/aromatic N) is 2. The van der Waals surface area contributed by atoms with Gasteiger partial charge in [-0.1, -0.05) is 12.1 Å². The van der Waals surface area contributed by atoms with Crippen molar-refractivity contribution < 1.29 is 14.6 Å². The number of piperazine rings is 1. The van der Waals surface area contributed by atoms with Crippen LogP contribution >= 0.6 is 0 Å². The van der Waals surface area contributed by atoms with E-state index in [1.165, 1.54) is 0 Å². The van der Waals surface area contributed by atoms with Crippen molar-refractivity contribution in [1.82, 2.24) is 4.90 Å². The minimum atomic E-state index is -0.780. The van der Waals surface area contributed by atoms with Gasteiger partial charge in [0.2, 0.25) is 0 Å². The average molecular weight is 250 g/mol. The Morgan fingerprint density at radius 1 is 1.39 bits per heavy atom. The lowest BCUT2D eigenvalue weighted by Crippen LogP contribution is -2.55.